The molecule has 2 rings (SSSR count). The number of carbonyl (C=O) groups is 3. The van der Waals surface area contributed by atoms with Gasteiger partial charge in [-0.15, -0.1) is 0 Å². The van der Waals surface area contributed by atoms with Gasteiger partial charge in [0.2, 0.25) is 11.8 Å². The third-order valence-electron chi connectivity index (χ3n) is 2.73. The van der Waals surface area contributed by atoms with Crippen molar-refractivity contribution in [2.24, 2.45) is 0 Å². The van der Waals surface area contributed by atoms with Crippen LogP contribution in [0.3, 0.4) is 0 Å². The van der Waals surface area contributed by atoms with Crippen LogP contribution < -0.4 is 16.0 Å². The van der Waals surface area contributed by atoms with E-state index < -0.39 is 17.7 Å². The zero-order valence-corrected chi connectivity index (χ0v) is 12.7. The Bertz CT molecular complexity index is 683. The van der Waals surface area contributed by atoms with E-state index in [1.54, 1.807) is 30.3 Å². The van der Waals surface area contributed by atoms with Gasteiger partial charge in [-0.25, -0.2) is 0 Å². The molecule has 1 aromatic heterocycles. The SMILES string of the molecule is O=C(CNC(=O)c1ccco1)NCC(=O)Nc1ccc(Cl)cc1. The molecule has 0 unspecified atom stereocenters. The first-order chi connectivity index (χ1) is 11.0. The van der Waals surface area contributed by atoms with E-state index in [-0.39, 0.29) is 18.8 Å². The molecule has 120 valence electrons. The Balaban J connectivity index is 1.68. The highest BCUT2D eigenvalue weighted by molar-refractivity contribution is 6.30. The Morgan fingerprint density at radius 3 is 2.30 bits per heavy atom. The molecular formula is C15H14ClN3O4. The summed E-state index contributed by atoms with van der Waals surface area (Å²) in [5.41, 5.74) is 0.569. The molecule has 0 radical (unpaired) electrons. The minimum atomic E-state index is -0.504. The van der Waals surface area contributed by atoms with Crippen molar-refractivity contribution in [1.82, 2.24) is 10.6 Å². The number of hydrogen-bond acceptors (Lipinski definition) is 4. The number of benzene rings is 1. The van der Waals surface area contributed by atoms with Gasteiger partial charge in [-0.2, -0.15) is 0 Å². The number of amides is 3. The lowest BCUT2D eigenvalue weighted by Crippen LogP contribution is -2.40. The third kappa shape index (κ3) is 5.48. The lowest BCUT2D eigenvalue weighted by Gasteiger charge is -2.07. The molecule has 0 aliphatic rings. The first-order valence-corrected chi connectivity index (χ1v) is 7.06. The molecule has 8 heteroatoms. The molecule has 3 amide bonds. The van der Waals surface area contributed by atoms with Crippen LogP contribution in [-0.2, 0) is 9.59 Å². The minimum absolute atomic E-state index is 0.110. The number of carbonyl (C=O) groups excluding carboxylic acids is 3. The van der Waals surface area contributed by atoms with Crippen LogP contribution in [0.25, 0.3) is 0 Å². The van der Waals surface area contributed by atoms with Gasteiger partial charge in [0.25, 0.3) is 5.91 Å². The van der Waals surface area contributed by atoms with E-state index in [0.717, 1.165) is 0 Å². The average Bonchev–Trinajstić information content (AvgIpc) is 3.07. The predicted octanol–water partition coefficient (Wildman–Crippen LogP) is 1.42. The summed E-state index contributed by atoms with van der Waals surface area (Å²) in [6, 6.07) is 9.61. The van der Waals surface area contributed by atoms with Crippen molar-refractivity contribution in [3.05, 3.63) is 53.4 Å². The van der Waals surface area contributed by atoms with Crippen molar-refractivity contribution in [3.63, 3.8) is 0 Å². The molecule has 1 heterocycles. The third-order valence-corrected chi connectivity index (χ3v) is 2.98. The molecule has 0 spiro atoms. The van der Waals surface area contributed by atoms with Gasteiger partial charge in [-0.05, 0) is 36.4 Å². The number of nitrogens with one attached hydrogen (secondary N) is 3. The fraction of sp³-hybridized carbons (Fsp3) is 0.133. The van der Waals surface area contributed by atoms with Gasteiger partial charge in [0.05, 0.1) is 19.4 Å². The van der Waals surface area contributed by atoms with E-state index in [9.17, 15) is 14.4 Å². The highest BCUT2D eigenvalue weighted by atomic mass is 35.5. The molecule has 0 bridgehead atoms. The zero-order chi connectivity index (χ0) is 16.7. The second-order valence-electron chi connectivity index (χ2n) is 4.49. The van der Waals surface area contributed by atoms with Gasteiger partial charge in [0.15, 0.2) is 5.76 Å². The van der Waals surface area contributed by atoms with Gasteiger partial charge in [-0.1, -0.05) is 11.6 Å². The Labute approximate surface area is 137 Å². The van der Waals surface area contributed by atoms with Crippen LogP contribution in [0.15, 0.2) is 47.1 Å². The average molecular weight is 336 g/mol. The molecule has 0 aliphatic carbocycles. The fourth-order valence-corrected chi connectivity index (χ4v) is 1.76. The van der Waals surface area contributed by atoms with E-state index in [0.29, 0.717) is 10.7 Å². The van der Waals surface area contributed by atoms with E-state index in [2.05, 4.69) is 16.0 Å². The molecule has 2 aromatic rings. The summed E-state index contributed by atoms with van der Waals surface area (Å²) in [7, 11) is 0. The summed E-state index contributed by atoms with van der Waals surface area (Å²) in [5, 5.41) is 7.92. The van der Waals surface area contributed by atoms with Gasteiger partial charge >= 0.3 is 0 Å². The maximum absolute atomic E-state index is 11.7. The lowest BCUT2D eigenvalue weighted by molar-refractivity contribution is -0.123. The summed E-state index contributed by atoms with van der Waals surface area (Å²) >= 11 is 5.74. The van der Waals surface area contributed by atoms with Gasteiger partial charge < -0.3 is 20.4 Å². The topological polar surface area (TPSA) is 100 Å². The second-order valence-corrected chi connectivity index (χ2v) is 4.93. The molecule has 0 saturated carbocycles. The van der Waals surface area contributed by atoms with Crippen molar-refractivity contribution < 1.29 is 18.8 Å². The molecule has 0 saturated heterocycles. The minimum Gasteiger partial charge on any atom is -0.459 e. The fourth-order valence-electron chi connectivity index (χ4n) is 1.64. The summed E-state index contributed by atoms with van der Waals surface area (Å²) < 4.78 is 4.88. The molecular weight excluding hydrogens is 322 g/mol. The Hall–Kier alpha value is -2.80. The maximum atomic E-state index is 11.7. The lowest BCUT2D eigenvalue weighted by atomic mass is 10.3. The van der Waals surface area contributed by atoms with Crippen molar-refractivity contribution in [3.8, 4) is 0 Å². The summed E-state index contributed by atoms with van der Waals surface area (Å²) in [5.74, 6) is -1.27. The van der Waals surface area contributed by atoms with Crippen molar-refractivity contribution in [1.29, 1.82) is 0 Å². The van der Waals surface area contributed by atoms with E-state index >= 15 is 0 Å². The molecule has 3 N–H and O–H groups in total. The monoisotopic (exact) mass is 335 g/mol. The first-order valence-electron chi connectivity index (χ1n) is 6.68. The largest absolute Gasteiger partial charge is 0.459 e. The molecule has 0 fully saturated rings. The first kappa shape index (κ1) is 16.6. The number of hydrogen-bond donors (Lipinski definition) is 3. The highest BCUT2D eigenvalue weighted by Crippen LogP contribution is 2.12. The predicted molar refractivity (Wildman–Crippen MR) is 84.1 cm³/mol. The van der Waals surface area contributed by atoms with Crippen LogP contribution in [0.5, 0.6) is 0 Å². The molecule has 1 aromatic carbocycles. The van der Waals surface area contributed by atoms with Crippen molar-refractivity contribution in [2.45, 2.75) is 0 Å². The Morgan fingerprint density at radius 2 is 1.65 bits per heavy atom. The Morgan fingerprint density at radius 1 is 0.957 bits per heavy atom. The smallest absolute Gasteiger partial charge is 0.287 e. The Kier molecular flexibility index (Phi) is 5.76. The van der Waals surface area contributed by atoms with Crippen LogP contribution in [0, 0.1) is 0 Å². The van der Waals surface area contributed by atoms with E-state index in [1.807, 2.05) is 0 Å². The van der Waals surface area contributed by atoms with Crippen LogP contribution in [0.2, 0.25) is 5.02 Å². The highest BCUT2D eigenvalue weighted by Gasteiger charge is 2.11. The standard InChI is InChI=1S/C15H14ClN3O4/c16-10-3-5-11(6-4-10)19-14(21)9-17-13(20)8-18-15(22)12-2-1-7-23-12/h1-7H,8-9H2,(H,17,20)(H,18,22)(H,19,21). The summed E-state index contributed by atoms with van der Waals surface area (Å²) in [6.07, 6.45) is 1.36. The molecule has 7 nitrogen and oxygen atoms in total. The normalized spacial score (nSPS) is 9.96. The van der Waals surface area contributed by atoms with Crippen LogP contribution >= 0.6 is 11.6 Å². The van der Waals surface area contributed by atoms with Crippen LogP contribution in [0.1, 0.15) is 10.6 Å². The van der Waals surface area contributed by atoms with Crippen LogP contribution in [0.4, 0.5) is 5.69 Å². The van der Waals surface area contributed by atoms with Crippen molar-refractivity contribution >= 4 is 35.0 Å². The molecule has 0 atom stereocenters. The number of rotatable bonds is 6. The summed E-state index contributed by atoms with van der Waals surface area (Å²) in [6.45, 7) is -0.466. The quantitative estimate of drug-likeness (QED) is 0.743. The summed E-state index contributed by atoms with van der Waals surface area (Å²) in [4.78, 5) is 34.8. The van der Waals surface area contributed by atoms with Gasteiger partial charge in [0, 0.05) is 10.7 Å². The van der Waals surface area contributed by atoms with Gasteiger partial charge in [-0.3, -0.25) is 14.4 Å². The maximum Gasteiger partial charge on any atom is 0.287 e. The van der Waals surface area contributed by atoms with Crippen LogP contribution in [-0.4, -0.2) is 30.8 Å². The zero-order valence-electron chi connectivity index (χ0n) is 12.0. The molecule has 0 aliphatic heterocycles. The number of furan rings is 1. The number of anilines is 1. The second kappa shape index (κ2) is 8.00. The van der Waals surface area contributed by atoms with E-state index in [1.165, 1.54) is 12.3 Å². The van der Waals surface area contributed by atoms with Crippen molar-refractivity contribution in [2.75, 3.05) is 18.4 Å². The molecule has 23 heavy (non-hydrogen) atoms. The van der Waals surface area contributed by atoms with Gasteiger partial charge in [0.1, 0.15) is 0 Å². The number of halogens is 1. The van der Waals surface area contributed by atoms with E-state index in [4.69, 9.17) is 16.0 Å².